The molecule has 0 saturated heterocycles. The number of imidazole rings is 1. The third-order valence-electron chi connectivity index (χ3n) is 2.43. The zero-order valence-corrected chi connectivity index (χ0v) is 8.70. The minimum Gasteiger partial charge on any atom is -0.329 e. The summed E-state index contributed by atoms with van der Waals surface area (Å²) in [5, 5.41) is 0. The van der Waals surface area contributed by atoms with Crippen molar-refractivity contribution in [3.63, 3.8) is 0 Å². The van der Waals surface area contributed by atoms with Crippen LogP contribution in [0, 0.1) is 13.8 Å². The van der Waals surface area contributed by atoms with Crippen LogP contribution in [-0.4, -0.2) is 20.8 Å². The molecular weight excluding hydrogens is 169 g/mol. The van der Waals surface area contributed by atoms with Gasteiger partial charge in [0.2, 0.25) is 0 Å². The molecule has 12 heavy (non-hydrogen) atoms. The minimum absolute atomic E-state index is 1.01. The summed E-state index contributed by atoms with van der Waals surface area (Å²) in [6.07, 6.45) is 0. The lowest BCUT2D eigenvalue weighted by Gasteiger charge is -2.24. The van der Waals surface area contributed by atoms with Gasteiger partial charge in [-0.2, -0.15) is 0 Å². The molecule has 0 aliphatic carbocycles. The van der Waals surface area contributed by atoms with Crippen molar-refractivity contribution in [3.8, 4) is 0 Å². The van der Waals surface area contributed by atoms with Crippen molar-refractivity contribution in [1.29, 1.82) is 0 Å². The van der Waals surface area contributed by atoms with E-state index in [0.29, 0.717) is 0 Å². The maximum Gasteiger partial charge on any atom is 0.106 e. The van der Waals surface area contributed by atoms with Gasteiger partial charge >= 0.3 is 0 Å². The molecule has 4 heteroatoms. The zero-order valence-electron chi connectivity index (χ0n) is 7.54. The van der Waals surface area contributed by atoms with Crippen LogP contribution in [0.3, 0.4) is 0 Å². The van der Waals surface area contributed by atoms with E-state index in [0.717, 1.165) is 25.5 Å². The highest BCUT2D eigenvalue weighted by molar-refractivity contribution is 7.13. The number of fused-ring (bicyclic) bond motifs is 1. The van der Waals surface area contributed by atoms with Crippen LogP contribution in [0.1, 0.15) is 17.2 Å². The van der Waals surface area contributed by atoms with E-state index in [2.05, 4.69) is 37.5 Å². The molecule has 0 fully saturated rings. The van der Waals surface area contributed by atoms with Crippen LogP contribution in [0.15, 0.2) is 0 Å². The van der Waals surface area contributed by atoms with Gasteiger partial charge in [0.1, 0.15) is 5.82 Å². The third kappa shape index (κ3) is 1.17. The van der Waals surface area contributed by atoms with E-state index in [1.54, 1.807) is 0 Å². The third-order valence-corrected chi connectivity index (χ3v) is 2.87. The number of rotatable bonds is 0. The molecule has 0 N–H and O–H groups in total. The van der Waals surface area contributed by atoms with Crippen LogP contribution < -0.4 is 0 Å². The number of hydrogen-bond donors (Lipinski definition) is 0. The first kappa shape index (κ1) is 8.21. The van der Waals surface area contributed by atoms with Crippen molar-refractivity contribution in [2.24, 2.45) is 0 Å². The maximum atomic E-state index is 4.45. The molecule has 0 bridgehead atoms. The molecule has 2 rings (SSSR count). The van der Waals surface area contributed by atoms with Crippen LogP contribution in [0.4, 0.5) is 0 Å². The van der Waals surface area contributed by atoms with E-state index in [1.165, 1.54) is 11.4 Å². The van der Waals surface area contributed by atoms with E-state index in [4.69, 9.17) is 0 Å². The Bertz CT molecular complexity index is 305. The van der Waals surface area contributed by atoms with E-state index < -0.39 is 0 Å². The largest absolute Gasteiger partial charge is 0.329 e. The summed E-state index contributed by atoms with van der Waals surface area (Å²) in [5.74, 6) is 1.15. The molecule has 1 aromatic heterocycles. The molecule has 0 radical (unpaired) electrons. The fraction of sp³-hybridized carbons (Fsp3) is 0.625. The highest BCUT2D eigenvalue weighted by Gasteiger charge is 2.17. The van der Waals surface area contributed by atoms with Crippen LogP contribution in [-0.2, 0) is 13.1 Å². The van der Waals surface area contributed by atoms with Crippen LogP contribution in [0.25, 0.3) is 0 Å². The Morgan fingerprint density at radius 1 is 1.33 bits per heavy atom. The van der Waals surface area contributed by atoms with Gasteiger partial charge in [0.05, 0.1) is 11.4 Å². The zero-order chi connectivity index (χ0) is 8.72. The molecule has 1 aliphatic heterocycles. The van der Waals surface area contributed by atoms with Crippen molar-refractivity contribution in [2.45, 2.75) is 26.9 Å². The minimum atomic E-state index is 1.01. The van der Waals surface area contributed by atoms with Gasteiger partial charge in [-0.1, -0.05) is 9.39 Å². The van der Waals surface area contributed by atoms with Crippen molar-refractivity contribution in [3.05, 3.63) is 17.2 Å². The topological polar surface area (TPSA) is 21.1 Å². The fourth-order valence-electron chi connectivity index (χ4n) is 1.75. The van der Waals surface area contributed by atoms with Crippen LogP contribution in [0.2, 0.25) is 0 Å². The fourth-order valence-corrected chi connectivity index (χ4v) is 2.04. The summed E-state index contributed by atoms with van der Waals surface area (Å²) in [6, 6.07) is 0. The van der Waals surface area contributed by atoms with E-state index >= 15 is 0 Å². The van der Waals surface area contributed by atoms with Gasteiger partial charge in [-0.25, -0.2) is 4.98 Å². The first-order valence-electron chi connectivity index (χ1n) is 4.20. The normalized spacial score (nSPS) is 17.9. The van der Waals surface area contributed by atoms with Gasteiger partial charge in [0.15, 0.2) is 0 Å². The van der Waals surface area contributed by atoms with Crippen molar-refractivity contribution < 1.29 is 0 Å². The number of aryl methyl sites for hydroxylation is 2. The Labute approximate surface area is 75.0 Å². The SMILES string of the molecule is Cc1nc(C)n2c1CN(P)CC2. The number of hydrogen-bond acceptors (Lipinski definition) is 2. The summed E-state index contributed by atoms with van der Waals surface area (Å²) < 4.78 is 4.57. The molecular formula is C8H14N3P. The van der Waals surface area contributed by atoms with Gasteiger partial charge in [0, 0.05) is 19.6 Å². The molecule has 0 saturated carbocycles. The monoisotopic (exact) mass is 183 g/mol. The van der Waals surface area contributed by atoms with Gasteiger partial charge in [-0.3, -0.25) is 4.67 Å². The van der Waals surface area contributed by atoms with E-state index in [1.807, 2.05) is 0 Å². The highest BCUT2D eigenvalue weighted by Crippen LogP contribution is 2.19. The van der Waals surface area contributed by atoms with Crippen molar-refractivity contribution >= 4 is 9.39 Å². The van der Waals surface area contributed by atoms with Gasteiger partial charge in [-0.15, -0.1) is 0 Å². The lowest BCUT2D eigenvalue weighted by molar-refractivity contribution is 0.370. The van der Waals surface area contributed by atoms with Crippen molar-refractivity contribution in [1.82, 2.24) is 14.2 Å². The maximum absolute atomic E-state index is 4.45. The second-order valence-electron chi connectivity index (χ2n) is 3.31. The Kier molecular flexibility index (Phi) is 1.93. The smallest absolute Gasteiger partial charge is 0.106 e. The predicted molar refractivity (Wildman–Crippen MR) is 51.8 cm³/mol. The molecule has 0 amide bonds. The Morgan fingerprint density at radius 2 is 2.08 bits per heavy atom. The standard InChI is InChI=1S/C8H14N3P/c1-6-8-5-10(12)3-4-11(8)7(2)9-6/h3-5,12H2,1-2H3. The highest BCUT2D eigenvalue weighted by atomic mass is 31.0. The molecule has 66 valence electrons. The summed E-state index contributed by atoms with van der Waals surface area (Å²) in [5.41, 5.74) is 2.55. The molecule has 2 heterocycles. The second kappa shape index (κ2) is 2.82. The van der Waals surface area contributed by atoms with Gasteiger partial charge in [0.25, 0.3) is 0 Å². The second-order valence-corrected chi connectivity index (χ2v) is 4.04. The van der Waals surface area contributed by atoms with Gasteiger partial charge < -0.3 is 4.57 Å². The molecule has 1 unspecified atom stereocenters. The Morgan fingerprint density at radius 3 is 2.83 bits per heavy atom. The first-order valence-corrected chi connectivity index (χ1v) is 4.72. The predicted octanol–water partition coefficient (Wildman–Crippen LogP) is 1.11. The molecule has 1 atom stereocenters. The number of aromatic nitrogens is 2. The summed E-state index contributed by atoms with van der Waals surface area (Å²) >= 11 is 0. The van der Waals surface area contributed by atoms with E-state index in [9.17, 15) is 0 Å². The van der Waals surface area contributed by atoms with Crippen LogP contribution in [0.5, 0.6) is 0 Å². The Hall–Kier alpha value is -0.400. The Balaban J connectivity index is 2.45. The molecule has 1 aliphatic rings. The summed E-state index contributed by atoms with van der Waals surface area (Å²) in [7, 11) is 2.75. The molecule has 1 aromatic rings. The lowest BCUT2D eigenvalue weighted by Crippen LogP contribution is -2.26. The number of nitrogens with zero attached hydrogens (tertiary/aromatic N) is 3. The van der Waals surface area contributed by atoms with E-state index in [-0.39, 0.29) is 0 Å². The summed E-state index contributed by atoms with van der Waals surface area (Å²) in [4.78, 5) is 4.45. The first-order chi connectivity index (χ1) is 5.68. The van der Waals surface area contributed by atoms with Gasteiger partial charge in [-0.05, 0) is 13.8 Å². The molecule has 0 aromatic carbocycles. The quantitative estimate of drug-likeness (QED) is 0.562. The van der Waals surface area contributed by atoms with Crippen molar-refractivity contribution in [2.75, 3.05) is 6.54 Å². The summed E-state index contributed by atoms with van der Waals surface area (Å²) in [6.45, 7) is 7.36. The average Bonchev–Trinajstić information content (AvgIpc) is 2.28. The molecule has 0 spiro atoms. The van der Waals surface area contributed by atoms with Crippen LogP contribution >= 0.6 is 9.39 Å². The lowest BCUT2D eigenvalue weighted by atomic mass is 10.3. The molecule has 3 nitrogen and oxygen atoms in total. The average molecular weight is 183 g/mol.